The summed E-state index contributed by atoms with van der Waals surface area (Å²) in [5.41, 5.74) is 0.941. The molecule has 8 nitrogen and oxygen atoms in total. The van der Waals surface area contributed by atoms with E-state index in [0.717, 1.165) is 0 Å². The van der Waals surface area contributed by atoms with Crippen LogP contribution in [0.4, 0.5) is 5.69 Å². The zero-order chi connectivity index (χ0) is 18.8. The Balaban J connectivity index is 1.88. The van der Waals surface area contributed by atoms with E-state index in [1.807, 2.05) is 0 Å². The van der Waals surface area contributed by atoms with Crippen LogP contribution in [0.2, 0.25) is 0 Å². The third-order valence-corrected chi connectivity index (χ3v) is 3.91. The van der Waals surface area contributed by atoms with Crippen LogP contribution >= 0.6 is 0 Å². The third kappa shape index (κ3) is 3.16. The molecule has 0 bridgehead atoms. The molecule has 2 heterocycles. The van der Waals surface area contributed by atoms with E-state index in [9.17, 15) is 19.7 Å². The summed E-state index contributed by atoms with van der Waals surface area (Å²) in [5.74, 6) is -1.38. The molecule has 0 aliphatic carbocycles. The Morgan fingerprint density at radius 3 is 2.81 bits per heavy atom. The monoisotopic (exact) mass is 354 g/mol. The van der Waals surface area contributed by atoms with Crippen molar-refractivity contribution in [2.24, 2.45) is 10.9 Å². The minimum atomic E-state index is -1.03. The molecule has 1 aromatic heterocycles. The van der Waals surface area contributed by atoms with Crippen molar-refractivity contribution in [2.75, 3.05) is 7.11 Å². The summed E-state index contributed by atoms with van der Waals surface area (Å²) in [6.07, 6.45) is 1.43. The summed E-state index contributed by atoms with van der Waals surface area (Å²) in [6.45, 7) is 1.58. The lowest BCUT2D eigenvalue weighted by atomic mass is 10.0. The van der Waals surface area contributed by atoms with E-state index in [2.05, 4.69) is 9.73 Å². The van der Waals surface area contributed by atoms with Gasteiger partial charge >= 0.3 is 5.97 Å². The molecule has 1 aliphatic rings. The summed E-state index contributed by atoms with van der Waals surface area (Å²) < 4.78 is 10.3. The first kappa shape index (κ1) is 17.3. The van der Waals surface area contributed by atoms with Gasteiger partial charge in [0.15, 0.2) is 5.92 Å². The van der Waals surface area contributed by atoms with Gasteiger partial charge in [-0.25, -0.2) is 0 Å². The number of nitrogens with zero attached hydrogens (tertiary/aromatic N) is 2. The summed E-state index contributed by atoms with van der Waals surface area (Å²) in [4.78, 5) is 38.5. The fourth-order valence-electron chi connectivity index (χ4n) is 2.64. The van der Waals surface area contributed by atoms with Crippen molar-refractivity contribution in [2.45, 2.75) is 6.92 Å². The zero-order valence-corrected chi connectivity index (χ0v) is 14.0. The van der Waals surface area contributed by atoms with Gasteiger partial charge in [0.25, 0.3) is 5.69 Å². The number of allylic oxidation sites excluding steroid dienone is 1. The highest BCUT2D eigenvalue weighted by Gasteiger charge is 2.37. The van der Waals surface area contributed by atoms with E-state index in [4.69, 9.17) is 4.42 Å². The van der Waals surface area contributed by atoms with Crippen LogP contribution in [0.3, 0.4) is 0 Å². The molecular formula is C18H14N2O6. The van der Waals surface area contributed by atoms with Crippen molar-refractivity contribution < 1.29 is 23.7 Å². The van der Waals surface area contributed by atoms with Gasteiger partial charge in [0, 0.05) is 29.5 Å². The number of hydrogen-bond donors (Lipinski definition) is 0. The number of non-ortho nitro benzene ring substituents is 1. The van der Waals surface area contributed by atoms with E-state index in [-0.39, 0.29) is 11.4 Å². The maximum atomic E-state index is 12.3. The highest BCUT2D eigenvalue weighted by Crippen LogP contribution is 2.28. The van der Waals surface area contributed by atoms with Crippen LogP contribution in [-0.4, -0.2) is 29.5 Å². The quantitative estimate of drug-likeness (QED) is 0.274. The zero-order valence-electron chi connectivity index (χ0n) is 14.0. The molecule has 132 valence electrons. The van der Waals surface area contributed by atoms with Gasteiger partial charge < -0.3 is 9.15 Å². The number of Topliss-reactive ketones (excluding diaryl/α,β-unsaturated/α-hetero) is 1. The molecule has 2 aromatic rings. The van der Waals surface area contributed by atoms with E-state index in [1.54, 1.807) is 31.2 Å². The van der Waals surface area contributed by atoms with Crippen molar-refractivity contribution in [1.29, 1.82) is 0 Å². The van der Waals surface area contributed by atoms with Gasteiger partial charge in [0.05, 0.1) is 12.0 Å². The summed E-state index contributed by atoms with van der Waals surface area (Å²) >= 11 is 0. The second-order valence-electron chi connectivity index (χ2n) is 5.61. The number of rotatable bonds is 4. The molecule has 0 fully saturated rings. The third-order valence-electron chi connectivity index (χ3n) is 3.91. The number of carbonyl (C=O) groups is 2. The molecule has 0 spiro atoms. The first-order chi connectivity index (χ1) is 12.4. The Morgan fingerprint density at radius 2 is 2.12 bits per heavy atom. The van der Waals surface area contributed by atoms with E-state index < -0.39 is 22.6 Å². The number of hydrogen-bond acceptors (Lipinski definition) is 7. The Morgan fingerprint density at radius 1 is 1.35 bits per heavy atom. The van der Waals surface area contributed by atoms with Crippen molar-refractivity contribution in [3.05, 3.63) is 58.0 Å². The number of carbonyl (C=O) groups excluding carboxylic acids is 2. The lowest BCUT2D eigenvalue weighted by molar-refractivity contribution is -0.384. The van der Waals surface area contributed by atoms with Crippen molar-refractivity contribution in [1.82, 2.24) is 0 Å². The molecule has 1 aliphatic heterocycles. The van der Waals surface area contributed by atoms with Gasteiger partial charge in [-0.2, -0.15) is 0 Å². The van der Waals surface area contributed by atoms with Gasteiger partial charge in [0.2, 0.25) is 5.78 Å². The van der Waals surface area contributed by atoms with E-state index in [0.29, 0.717) is 22.8 Å². The second kappa shape index (κ2) is 6.75. The Bertz CT molecular complexity index is 970. The number of benzene rings is 1. The van der Waals surface area contributed by atoms with Crippen molar-refractivity contribution in [3.8, 4) is 11.3 Å². The van der Waals surface area contributed by atoms with Gasteiger partial charge in [0.1, 0.15) is 17.2 Å². The maximum absolute atomic E-state index is 12.3. The average molecular weight is 354 g/mol. The van der Waals surface area contributed by atoms with Crippen LogP contribution in [0.25, 0.3) is 17.4 Å². The van der Waals surface area contributed by atoms with Gasteiger partial charge in [-0.1, -0.05) is 12.1 Å². The van der Waals surface area contributed by atoms with Crippen LogP contribution in [0.15, 0.2) is 51.5 Å². The van der Waals surface area contributed by atoms with Gasteiger partial charge in [-0.3, -0.25) is 24.7 Å². The number of aliphatic imine (C=N–C) groups is 1. The minimum absolute atomic E-state index is 0.0501. The van der Waals surface area contributed by atoms with Crippen LogP contribution < -0.4 is 0 Å². The molecule has 0 radical (unpaired) electrons. The Kier molecular flexibility index (Phi) is 4.49. The number of furan rings is 1. The van der Waals surface area contributed by atoms with Crippen LogP contribution in [-0.2, 0) is 14.3 Å². The topological polar surface area (TPSA) is 112 Å². The molecule has 0 saturated carbocycles. The second-order valence-corrected chi connectivity index (χ2v) is 5.61. The fraction of sp³-hybridized carbons (Fsp3) is 0.167. The number of nitro benzene ring substituents is 1. The average Bonchev–Trinajstić information content (AvgIpc) is 3.19. The molecule has 0 amide bonds. The van der Waals surface area contributed by atoms with Gasteiger partial charge in [-0.05, 0) is 19.1 Å². The first-order valence-corrected chi connectivity index (χ1v) is 7.64. The number of methoxy groups -OCH3 is 1. The highest BCUT2D eigenvalue weighted by atomic mass is 16.6. The highest BCUT2D eigenvalue weighted by molar-refractivity contribution is 6.28. The maximum Gasteiger partial charge on any atom is 0.322 e. The van der Waals surface area contributed by atoms with Crippen molar-refractivity contribution >= 4 is 29.2 Å². The summed E-state index contributed by atoms with van der Waals surface area (Å²) in [6, 6.07) is 9.27. The Labute approximate surface area is 147 Å². The summed E-state index contributed by atoms with van der Waals surface area (Å²) in [5, 5.41) is 10.9. The number of ketones is 1. The number of ether oxygens (including phenoxy) is 1. The molecule has 0 saturated heterocycles. The first-order valence-electron chi connectivity index (χ1n) is 7.64. The van der Waals surface area contributed by atoms with Crippen LogP contribution in [0.5, 0.6) is 0 Å². The predicted molar refractivity (Wildman–Crippen MR) is 92.4 cm³/mol. The molecular weight excluding hydrogens is 340 g/mol. The van der Waals surface area contributed by atoms with Gasteiger partial charge in [-0.15, -0.1) is 0 Å². The van der Waals surface area contributed by atoms with E-state index >= 15 is 0 Å². The van der Waals surface area contributed by atoms with Crippen LogP contribution in [0, 0.1) is 16.0 Å². The molecule has 0 N–H and O–H groups in total. The van der Waals surface area contributed by atoms with Crippen molar-refractivity contribution in [3.63, 3.8) is 0 Å². The van der Waals surface area contributed by atoms with Crippen LogP contribution in [0.1, 0.15) is 12.7 Å². The number of esters is 1. The SMILES string of the molecule is COC(=O)C1C(=O)/C(=C\c2ccc(-c3cccc([N+](=O)[O-])c3)o2)N=C1C. The predicted octanol–water partition coefficient (Wildman–Crippen LogP) is 3.03. The Hall–Kier alpha value is -3.55. The normalized spacial score (nSPS) is 18.1. The number of nitro groups is 1. The lowest BCUT2D eigenvalue weighted by Gasteiger charge is -2.04. The molecule has 3 rings (SSSR count). The molecule has 26 heavy (non-hydrogen) atoms. The lowest BCUT2D eigenvalue weighted by Crippen LogP contribution is -2.27. The van der Waals surface area contributed by atoms with E-state index in [1.165, 1.54) is 25.3 Å². The molecule has 1 aromatic carbocycles. The molecule has 1 unspecified atom stereocenters. The smallest absolute Gasteiger partial charge is 0.322 e. The standard InChI is InChI=1S/C18H14N2O6/c1-10-16(18(22)25-2)17(21)14(19-10)9-13-6-7-15(26-13)11-4-3-5-12(8-11)20(23)24/h3-9,16H,1-2H3/b14-9+. The largest absolute Gasteiger partial charge is 0.468 e. The molecule has 1 atom stereocenters. The minimum Gasteiger partial charge on any atom is -0.468 e. The fourth-order valence-corrected chi connectivity index (χ4v) is 2.64. The summed E-state index contributed by atoms with van der Waals surface area (Å²) in [7, 11) is 1.21. The molecule has 8 heteroatoms.